The second-order valence-corrected chi connectivity index (χ2v) is 3.42. The van der Waals surface area contributed by atoms with E-state index in [1.54, 1.807) is 0 Å². The Bertz CT molecular complexity index is 323. The van der Waals surface area contributed by atoms with Crippen LogP contribution in [0.5, 0.6) is 0 Å². The third kappa shape index (κ3) is 4.95. The maximum atomic E-state index is 10.4. The topological polar surface area (TPSA) is 77.5 Å². The van der Waals surface area contributed by atoms with Gasteiger partial charge < -0.3 is 20.2 Å². The molecule has 90 valence electrons. The van der Waals surface area contributed by atoms with Gasteiger partial charge in [0, 0.05) is 13.0 Å². The quantitative estimate of drug-likeness (QED) is 0.630. The number of carbonyl (C=O) groups excluding carboxylic acids is 1. The van der Waals surface area contributed by atoms with Gasteiger partial charge in [-0.15, -0.1) is 0 Å². The van der Waals surface area contributed by atoms with Crippen LogP contribution in [0.2, 0.25) is 0 Å². The number of aryl methyl sites for hydroxylation is 1. The lowest BCUT2D eigenvalue weighted by atomic mass is 10.3. The average Bonchev–Trinajstić information content (AvgIpc) is 2.70. The first-order valence-electron chi connectivity index (χ1n) is 5.36. The van der Waals surface area contributed by atoms with Gasteiger partial charge in [-0.3, -0.25) is 4.79 Å². The number of rotatable bonds is 8. The third-order valence-electron chi connectivity index (χ3n) is 2.03. The van der Waals surface area contributed by atoms with Crippen molar-refractivity contribution in [1.82, 2.24) is 5.32 Å². The third-order valence-corrected chi connectivity index (χ3v) is 2.03. The van der Waals surface area contributed by atoms with Gasteiger partial charge in [0.2, 0.25) is 5.91 Å². The Morgan fingerprint density at radius 1 is 1.50 bits per heavy atom. The van der Waals surface area contributed by atoms with Gasteiger partial charge in [-0.1, -0.05) is 6.92 Å². The number of amides is 1. The van der Waals surface area contributed by atoms with Gasteiger partial charge in [-0.2, -0.15) is 0 Å². The first kappa shape index (κ1) is 12.7. The summed E-state index contributed by atoms with van der Waals surface area (Å²) < 4.78 is 10.5. The van der Waals surface area contributed by atoms with E-state index in [4.69, 9.17) is 14.9 Å². The van der Waals surface area contributed by atoms with Crippen LogP contribution < -0.4 is 11.1 Å². The van der Waals surface area contributed by atoms with Crippen molar-refractivity contribution in [1.29, 1.82) is 0 Å². The van der Waals surface area contributed by atoms with Crippen LogP contribution in [0.3, 0.4) is 0 Å². The molecule has 0 fully saturated rings. The van der Waals surface area contributed by atoms with Gasteiger partial charge in [-0.05, 0) is 12.1 Å². The molecule has 0 atom stereocenters. The van der Waals surface area contributed by atoms with E-state index in [-0.39, 0.29) is 6.61 Å². The van der Waals surface area contributed by atoms with Crippen molar-refractivity contribution >= 4 is 5.91 Å². The summed E-state index contributed by atoms with van der Waals surface area (Å²) in [5, 5.41) is 3.14. The lowest BCUT2D eigenvalue weighted by Crippen LogP contribution is -2.23. The highest BCUT2D eigenvalue weighted by Crippen LogP contribution is 2.07. The lowest BCUT2D eigenvalue weighted by Gasteiger charge is -2.03. The average molecular weight is 226 g/mol. The van der Waals surface area contributed by atoms with Crippen molar-refractivity contribution < 1.29 is 13.9 Å². The van der Waals surface area contributed by atoms with Crippen molar-refractivity contribution in [2.75, 3.05) is 19.8 Å². The monoisotopic (exact) mass is 226 g/mol. The van der Waals surface area contributed by atoms with Crippen molar-refractivity contribution in [2.45, 2.75) is 19.9 Å². The minimum Gasteiger partial charge on any atom is -0.465 e. The van der Waals surface area contributed by atoms with Crippen LogP contribution in [0.1, 0.15) is 18.4 Å². The molecule has 1 heterocycles. The molecule has 1 amide bonds. The van der Waals surface area contributed by atoms with Crippen molar-refractivity contribution in [3.8, 4) is 0 Å². The predicted molar refractivity (Wildman–Crippen MR) is 59.8 cm³/mol. The van der Waals surface area contributed by atoms with Gasteiger partial charge in [0.15, 0.2) is 0 Å². The van der Waals surface area contributed by atoms with Gasteiger partial charge in [0.1, 0.15) is 18.1 Å². The molecular formula is C11H18N2O3. The molecule has 0 spiro atoms. The maximum absolute atomic E-state index is 10.4. The molecule has 0 aliphatic heterocycles. The van der Waals surface area contributed by atoms with Crippen LogP contribution in [0, 0.1) is 0 Å². The smallest absolute Gasteiger partial charge is 0.243 e. The Labute approximate surface area is 94.9 Å². The Hall–Kier alpha value is -1.33. The maximum Gasteiger partial charge on any atom is 0.243 e. The molecule has 0 aromatic carbocycles. The van der Waals surface area contributed by atoms with Crippen LogP contribution in [-0.2, 0) is 22.5 Å². The van der Waals surface area contributed by atoms with Gasteiger partial charge in [0.05, 0.1) is 13.2 Å². The molecule has 0 saturated carbocycles. The molecule has 0 aliphatic rings. The molecule has 5 heteroatoms. The van der Waals surface area contributed by atoms with E-state index in [1.807, 2.05) is 19.1 Å². The first-order valence-corrected chi connectivity index (χ1v) is 5.36. The van der Waals surface area contributed by atoms with E-state index < -0.39 is 5.91 Å². The Morgan fingerprint density at radius 2 is 2.25 bits per heavy atom. The van der Waals surface area contributed by atoms with Crippen molar-refractivity contribution in [2.24, 2.45) is 5.73 Å². The summed E-state index contributed by atoms with van der Waals surface area (Å²) in [6, 6.07) is 3.93. The van der Waals surface area contributed by atoms with Crippen molar-refractivity contribution in [3.05, 3.63) is 23.7 Å². The summed E-state index contributed by atoms with van der Waals surface area (Å²) in [4.78, 5) is 10.4. The lowest BCUT2D eigenvalue weighted by molar-refractivity contribution is -0.122. The fraction of sp³-hybridized carbons (Fsp3) is 0.545. The Morgan fingerprint density at radius 3 is 2.88 bits per heavy atom. The van der Waals surface area contributed by atoms with Gasteiger partial charge in [-0.25, -0.2) is 0 Å². The highest BCUT2D eigenvalue weighted by molar-refractivity contribution is 5.74. The Kier molecular flexibility index (Phi) is 5.60. The van der Waals surface area contributed by atoms with E-state index in [0.29, 0.717) is 19.7 Å². The number of carbonyl (C=O) groups is 1. The normalized spacial score (nSPS) is 10.6. The van der Waals surface area contributed by atoms with Crippen LogP contribution in [-0.4, -0.2) is 25.7 Å². The zero-order chi connectivity index (χ0) is 11.8. The zero-order valence-electron chi connectivity index (χ0n) is 9.49. The van der Waals surface area contributed by atoms with E-state index in [2.05, 4.69) is 5.32 Å². The SMILES string of the molecule is CCc1ccc(CNCCOCC(N)=O)o1. The second kappa shape index (κ2) is 7.03. The van der Waals surface area contributed by atoms with Gasteiger partial charge >= 0.3 is 0 Å². The van der Waals surface area contributed by atoms with E-state index in [9.17, 15) is 4.79 Å². The minimum atomic E-state index is -0.446. The minimum absolute atomic E-state index is 0.0254. The predicted octanol–water partition coefficient (Wildman–Crippen LogP) is 0.433. The fourth-order valence-electron chi connectivity index (χ4n) is 1.24. The summed E-state index contributed by atoms with van der Waals surface area (Å²) in [6.45, 7) is 3.82. The van der Waals surface area contributed by atoms with Crippen LogP contribution >= 0.6 is 0 Å². The van der Waals surface area contributed by atoms with E-state index in [0.717, 1.165) is 17.9 Å². The van der Waals surface area contributed by atoms with Crippen LogP contribution in [0.25, 0.3) is 0 Å². The molecular weight excluding hydrogens is 208 g/mol. The summed E-state index contributed by atoms with van der Waals surface area (Å²) in [7, 11) is 0. The highest BCUT2D eigenvalue weighted by Gasteiger charge is 1.99. The molecule has 1 aromatic rings. The largest absolute Gasteiger partial charge is 0.465 e. The number of nitrogens with one attached hydrogen (secondary N) is 1. The molecule has 5 nitrogen and oxygen atoms in total. The number of furan rings is 1. The number of ether oxygens (including phenoxy) is 1. The Balaban J connectivity index is 2.04. The standard InChI is InChI=1S/C11H18N2O3/c1-2-9-3-4-10(16-9)7-13-5-6-15-8-11(12)14/h3-4,13H,2,5-8H2,1H3,(H2,12,14). The summed E-state index contributed by atoms with van der Waals surface area (Å²) in [6.07, 6.45) is 0.904. The van der Waals surface area contributed by atoms with Crippen molar-refractivity contribution in [3.63, 3.8) is 0 Å². The highest BCUT2D eigenvalue weighted by atomic mass is 16.5. The fourth-order valence-corrected chi connectivity index (χ4v) is 1.24. The van der Waals surface area contributed by atoms with Gasteiger partial charge in [0.25, 0.3) is 0 Å². The summed E-state index contributed by atoms with van der Waals surface area (Å²) in [5.74, 6) is 1.45. The molecule has 1 rings (SSSR count). The summed E-state index contributed by atoms with van der Waals surface area (Å²) in [5.41, 5.74) is 4.92. The number of nitrogens with two attached hydrogens (primary N) is 1. The van der Waals surface area contributed by atoms with E-state index >= 15 is 0 Å². The van der Waals surface area contributed by atoms with Crippen LogP contribution in [0.15, 0.2) is 16.5 Å². The molecule has 1 aromatic heterocycles. The molecule has 0 unspecified atom stereocenters. The molecule has 0 saturated heterocycles. The van der Waals surface area contributed by atoms with Crippen LogP contribution in [0.4, 0.5) is 0 Å². The second-order valence-electron chi connectivity index (χ2n) is 3.42. The number of hydrogen-bond acceptors (Lipinski definition) is 4. The number of primary amides is 1. The molecule has 0 radical (unpaired) electrons. The first-order chi connectivity index (χ1) is 7.72. The molecule has 0 aliphatic carbocycles. The zero-order valence-corrected chi connectivity index (χ0v) is 9.49. The van der Waals surface area contributed by atoms with E-state index in [1.165, 1.54) is 0 Å². The molecule has 3 N–H and O–H groups in total. The molecule has 0 bridgehead atoms. The number of hydrogen-bond donors (Lipinski definition) is 2. The molecule has 16 heavy (non-hydrogen) atoms. The summed E-state index contributed by atoms with van der Waals surface area (Å²) >= 11 is 0.